The lowest BCUT2D eigenvalue weighted by Crippen LogP contribution is -2.62. The SMILES string of the molecule is C/C=C1/NC(=O)[C@H](C(C)C)NC(=O)[C@H](O)[C@@H]([C@@H](C)CCCCCCCCCCCC)NC(=O)[C@@H]2CCCN2C(=O)[C@H](CC(N)=O)N(C)C(=O)[C@H]([C@@H](C)OC)NC(=O)CNC(=O)[C@H](CCC(N)=O)NC(=O)[C@H]([C@@H](C)O)NC(=O)[C@H]([C@@H](C)O)NC1=O. The average Bonchev–Trinajstić information content (AvgIpc) is 4.08. The van der Waals surface area contributed by atoms with E-state index in [1.165, 1.54) is 47.3 Å². The first-order valence-electron chi connectivity index (χ1n) is 29.3. The molecule has 28 heteroatoms. The maximum Gasteiger partial charge on any atom is 0.268 e. The Morgan fingerprint density at radius 1 is 0.679 bits per heavy atom. The molecule has 0 aromatic rings. The van der Waals surface area contributed by atoms with Crippen molar-refractivity contribution in [1.29, 1.82) is 0 Å². The second-order valence-electron chi connectivity index (χ2n) is 22.4. The minimum atomic E-state index is -2.01. The lowest BCUT2D eigenvalue weighted by Gasteiger charge is -2.36. The van der Waals surface area contributed by atoms with Crippen molar-refractivity contribution < 1.29 is 77.6 Å². The molecule has 2 heterocycles. The summed E-state index contributed by atoms with van der Waals surface area (Å²) in [5.74, 6) is -13.6. The van der Waals surface area contributed by atoms with Gasteiger partial charge in [-0.25, -0.2) is 0 Å². The molecule has 2 saturated heterocycles. The van der Waals surface area contributed by atoms with Crippen molar-refractivity contribution in [3.8, 4) is 0 Å². The third-order valence-corrected chi connectivity index (χ3v) is 15.2. The molecule has 2 aliphatic heterocycles. The Morgan fingerprint density at radius 3 is 1.77 bits per heavy atom. The number of methoxy groups -OCH3 is 1. The first-order chi connectivity index (χ1) is 39.5. The predicted molar refractivity (Wildman–Crippen MR) is 306 cm³/mol. The number of hydrogen-bond acceptors (Lipinski definition) is 16. The molecular weight excluding hydrogens is 1100 g/mol. The maximum absolute atomic E-state index is 14.7. The van der Waals surface area contributed by atoms with Gasteiger partial charge in [-0.05, 0) is 65.2 Å². The minimum absolute atomic E-state index is 0.0329. The number of aliphatic hydroxyl groups is 3. The number of unbranched alkanes of at least 4 members (excludes halogenated alkanes) is 9. The Hall–Kier alpha value is -6.78. The molecule has 2 fully saturated rings. The standard InChI is InChI=1S/C56H96N12O16/c1-11-13-14-15-16-17-18-19-20-21-23-31(5)43-47(74)54(81)63-42(30(3)4)51(78)60-35(12-2)49(76)65-45(33(7)70)53(80)66-44(32(6)69)52(79)61-36(25-26-39(57)71)48(75)59-29-41(73)62-46(34(8)84-10)56(83)67(9)38(28-40(58)72)55(82)68-27-22-24-37(68)50(77)64-43/h12,30-34,36-38,42-47,69-70,74H,11,13-29H2,1-10H3,(H2,57,71)(H2,58,72)(H,59,75)(H,60,78)(H,61,79)(H,62,73)(H,63,81)(H,64,77)(H,65,76)(H,66,80)/b35-12+/t31-,32+,33+,34+,36-,37-,38-,42-,43+,44-,45-,46-,47+/m0/s1. The van der Waals surface area contributed by atoms with E-state index in [0.717, 1.165) is 68.2 Å². The van der Waals surface area contributed by atoms with Crippen molar-refractivity contribution >= 4 is 70.9 Å². The number of carbonyl (C=O) groups is 12. The van der Waals surface area contributed by atoms with Gasteiger partial charge in [0, 0.05) is 27.1 Å². The molecule has 12 amide bonds. The highest BCUT2D eigenvalue weighted by molar-refractivity contribution is 6.03. The third kappa shape index (κ3) is 23.3. The highest BCUT2D eigenvalue weighted by Crippen LogP contribution is 2.25. The molecule has 0 bridgehead atoms. The number of allylic oxidation sites excluding steroid dienone is 1. The number of hydrogen-bond donors (Lipinski definition) is 13. The van der Waals surface area contributed by atoms with E-state index in [-0.39, 0.29) is 19.4 Å². The summed E-state index contributed by atoms with van der Waals surface area (Å²) in [5.41, 5.74) is 10.5. The van der Waals surface area contributed by atoms with Gasteiger partial charge in [0.1, 0.15) is 48.0 Å². The molecule has 15 N–H and O–H groups in total. The monoisotopic (exact) mass is 1190 g/mol. The zero-order valence-electron chi connectivity index (χ0n) is 50.6. The van der Waals surface area contributed by atoms with Gasteiger partial charge in [-0.3, -0.25) is 57.5 Å². The van der Waals surface area contributed by atoms with Gasteiger partial charge >= 0.3 is 0 Å². The van der Waals surface area contributed by atoms with Gasteiger partial charge in [-0.15, -0.1) is 0 Å². The van der Waals surface area contributed by atoms with Crippen molar-refractivity contribution in [1.82, 2.24) is 52.3 Å². The normalized spacial score (nSPS) is 26.7. The summed E-state index contributed by atoms with van der Waals surface area (Å²) in [7, 11) is 2.39. The molecule has 0 spiro atoms. The number of carbonyl (C=O) groups excluding carboxylic acids is 12. The Labute approximate surface area is 492 Å². The zero-order valence-corrected chi connectivity index (χ0v) is 50.6. The van der Waals surface area contributed by atoms with Crippen LogP contribution in [0.2, 0.25) is 0 Å². The quantitative estimate of drug-likeness (QED) is 0.0403. The molecule has 84 heavy (non-hydrogen) atoms. The Morgan fingerprint density at radius 2 is 1.24 bits per heavy atom. The van der Waals surface area contributed by atoms with E-state index >= 15 is 0 Å². The van der Waals surface area contributed by atoms with Crippen molar-refractivity contribution in [3.63, 3.8) is 0 Å². The predicted octanol–water partition coefficient (Wildman–Crippen LogP) is -2.24. The molecule has 0 saturated carbocycles. The minimum Gasteiger partial charge on any atom is -0.391 e. The van der Waals surface area contributed by atoms with Crippen LogP contribution in [0.4, 0.5) is 0 Å². The van der Waals surface area contributed by atoms with Gasteiger partial charge < -0.3 is 83.9 Å². The largest absolute Gasteiger partial charge is 0.391 e. The van der Waals surface area contributed by atoms with Crippen LogP contribution in [0, 0.1) is 11.8 Å². The second-order valence-corrected chi connectivity index (χ2v) is 22.4. The van der Waals surface area contributed by atoms with E-state index < -0.39 is 187 Å². The number of fused-ring (bicyclic) bond motifs is 1. The fourth-order valence-electron chi connectivity index (χ4n) is 9.90. The first-order valence-corrected chi connectivity index (χ1v) is 29.3. The van der Waals surface area contributed by atoms with Gasteiger partial charge in [0.05, 0.1) is 37.3 Å². The maximum atomic E-state index is 14.7. The van der Waals surface area contributed by atoms with Gasteiger partial charge in [0.2, 0.25) is 59.1 Å². The fraction of sp³-hybridized carbons (Fsp3) is 0.750. The number of rotatable bonds is 22. The van der Waals surface area contributed by atoms with Crippen molar-refractivity contribution in [2.45, 2.75) is 231 Å². The highest BCUT2D eigenvalue weighted by Gasteiger charge is 2.44. The molecule has 2 aliphatic rings. The van der Waals surface area contributed by atoms with Crippen molar-refractivity contribution in [2.24, 2.45) is 23.3 Å². The van der Waals surface area contributed by atoms with Gasteiger partial charge in [-0.2, -0.15) is 0 Å². The summed E-state index contributed by atoms with van der Waals surface area (Å²) in [6, 6.07) is -12.7. The average molecular weight is 1190 g/mol. The van der Waals surface area contributed by atoms with Gasteiger partial charge in [-0.1, -0.05) is 98.0 Å². The van der Waals surface area contributed by atoms with E-state index in [1.807, 2.05) is 0 Å². The molecule has 28 nitrogen and oxygen atoms in total. The number of primary amides is 2. The number of ether oxygens (including phenoxy) is 1. The molecule has 476 valence electrons. The summed E-state index contributed by atoms with van der Waals surface area (Å²) in [4.78, 5) is 167. The van der Waals surface area contributed by atoms with Crippen LogP contribution in [0.1, 0.15) is 158 Å². The van der Waals surface area contributed by atoms with Gasteiger partial charge in [0.25, 0.3) is 11.8 Å². The van der Waals surface area contributed by atoms with Crippen LogP contribution in [0.3, 0.4) is 0 Å². The third-order valence-electron chi connectivity index (χ3n) is 15.2. The van der Waals surface area contributed by atoms with Crippen LogP contribution in [-0.4, -0.2) is 196 Å². The molecule has 0 aromatic heterocycles. The van der Waals surface area contributed by atoms with Crippen LogP contribution in [-0.2, 0) is 62.3 Å². The number of nitrogens with two attached hydrogens (primary N) is 2. The highest BCUT2D eigenvalue weighted by atomic mass is 16.5. The summed E-state index contributed by atoms with van der Waals surface area (Å²) in [6.07, 6.45) is 4.05. The van der Waals surface area contributed by atoms with E-state index in [2.05, 4.69) is 49.5 Å². The van der Waals surface area contributed by atoms with Crippen LogP contribution in [0.5, 0.6) is 0 Å². The van der Waals surface area contributed by atoms with Crippen LogP contribution >= 0.6 is 0 Å². The van der Waals surface area contributed by atoms with E-state index in [0.29, 0.717) is 12.8 Å². The lowest BCUT2D eigenvalue weighted by atomic mass is 9.90. The number of aliphatic hydroxyl groups excluding tert-OH is 3. The summed E-state index contributed by atoms with van der Waals surface area (Å²) in [6.45, 7) is 11.1. The molecule has 0 unspecified atom stereocenters. The van der Waals surface area contributed by atoms with Crippen LogP contribution < -0.4 is 54.0 Å². The Balaban J connectivity index is 2.77. The lowest BCUT2D eigenvalue weighted by molar-refractivity contribution is -0.151. The van der Waals surface area contributed by atoms with Crippen LogP contribution in [0.25, 0.3) is 0 Å². The number of nitrogens with zero attached hydrogens (tertiary/aromatic N) is 2. The first kappa shape index (κ1) is 73.3. The van der Waals surface area contributed by atoms with Crippen molar-refractivity contribution in [2.75, 3.05) is 27.2 Å². The Kier molecular flexibility index (Phi) is 32.1. The topological polar surface area (TPSA) is 430 Å². The smallest absolute Gasteiger partial charge is 0.268 e. The van der Waals surface area contributed by atoms with Crippen LogP contribution in [0.15, 0.2) is 11.8 Å². The molecule has 13 atom stereocenters. The fourth-order valence-corrected chi connectivity index (χ4v) is 9.90. The summed E-state index contributed by atoms with van der Waals surface area (Å²) < 4.78 is 5.41. The number of nitrogens with one attached hydrogen (secondary N) is 8. The summed E-state index contributed by atoms with van der Waals surface area (Å²) >= 11 is 0. The second kappa shape index (κ2) is 36.8. The summed E-state index contributed by atoms with van der Waals surface area (Å²) in [5, 5.41) is 52.7. The molecular formula is C56H96N12O16. The molecule has 0 aromatic carbocycles. The Bertz CT molecular complexity index is 2300. The van der Waals surface area contributed by atoms with E-state index in [9.17, 15) is 72.9 Å². The van der Waals surface area contributed by atoms with E-state index in [1.54, 1.807) is 20.8 Å². The number of likely N-dealkylation sites (N-methyl/N-ethyl adjacent to an activating group) is 1. The number of amides is 12. The molecule has 0 aliphatic carbocycles. The van der Waals surface area contributed by atoms with E-state index in [4.69, 9.17) is 16.2 Å². The van der Waals surface area contributed by atoms with Gasteiger partial charge in [0.15, 0.2) is 6.10 Å². The zero-order chi connectivity index (χ0) is 63.5. The van der Waals surface area contributed by atoms with Crippen molar-refractivity contribution in [3.05, 3.63) is 11.8 Å². The molecule has 0 radical (unpaired) electrons. The molecule has 2 rings (SSSR count).